The smallest absolute Gasteiger partial charge is 0.191 e. The SMILES string of the molecule is OC1(CNC2=NCCCCN2)CCCC1. The first-order chi connectivity index (χ1) is 7.29. The average molecular weight is 211 g/mol. The van der Waals surface area contributed by atoms with Crippen molar-refractivity contribution < 1.29 is 5.11 Å². The molecule has 4 nitrogen and oxygen atoms in total. The Labute approximate surface area is 91.2 Å². The third kappa shape index (κ3) is 3.09. The fourth-order valence-corrected chi connectivity index (χ4v) is 2.27. The minimum atomic E-state index is -0.490. The van der Waals surface area contributed by atoms with Crippen LogP contribution in [0.4, 0.5) is 0 Å². The number of aliphatic hydroxyl groups is 1. The van der Waals surface area contributed by atoms with Gasteiger partial charge in [0.05, 0.1) is 5.60 Å². The number of aliphatic imine (C=N–C) groups is 1. The Balaban J connectivity index is 1.78. The molecule has 0 saturated heterocycles. The lowest BCUT2D eigenvalue weighted by molar-refractivity contribution is 0.0522. The van der Waals surface area contributed by atoms with Crippen LogP contribution in [0.25, 0.3) is 0 Å². The summed E-state index contributed by atoms with van der Waals surface area (Å²) in [5.74, 6) is 0.868. The van der Waals surface area contributed by atoms with Crippen LogP contribution in [0.3, 0.4) is 0 Å². The molecule has 0 spiro atoms. The van der Waals surface area contributed by atoms with E-state index in [0.29, 0.717) is 6.54 Å². The van der Waals surface area contributed by atoms with E-state index in [-0.39, 0.29) is 0 Å². The average Bonchev–Trinajstić information content (AvgIpc) is 2.53. The molecule has 0 aromatic heterocycles. The molecule has 2 aliphatic rings. The van der Waals surface area contributed by atoms with E-state index in [9.17, 15) is 5.11 Å². The van der Waals surface area contributed by atoms with E-state index in [0.717, 1.165) is 51.2 Å². The van der Waals surface area contributed by atoms with Gasteiger partial charge in [0.2, 0.25) is 0 Å². The Morgan fingerprint density at radius 2 is 2.07 bits per heavy atom. The molecule has 2 rings (SSSR count). The molecular formula is C11H21N3O. The van der Waals surface area contributed by atoms with Crippen molar-refractivity contribution in [3.63, 3.8) is 0 Å². The van der Waals surface area contributed by atoms with E-state index >= 15 is 0 Å². The zero-order chi connectivity index (χ0) is 10.6. The standard InChI is InChI=1S/C11H21N3O/c15-11(5-1-2-6-11)9-14-10-12-7-3-4-8-13-10/h15H,1-9H2,(H2,12,13,14). The molecule has 0 aromatic carbocycles. The highest BCUT2D eigenvalue weighted by atomic mass is 16.3. The van der Waals surface area contributed by atoms with Crippen LogP contribution in [0.5, 0.6) is 0 Å². The molecular weight excluding hydrogens is 190 g/mol. The molecule has 0 unspecified atom stereocenters. The first-order valence-electron chi connectivity index (χ1n) is 6.03. The lowest BCUT2D eigenvalue weighted by Gasteiger charge is -2.23. The van der Waals surface area contributed by atoms with Crippen LogP contribution >= 0.6 is 0 Å². The van der Waals surface area contributed by atoms with Crippen molar-refractivity contribution in [3.8, 4) is 0 Å². The second-order valence-corrected chi connectivity index (χ2v) is 4.65. The van der Waals surface area contributed by atoms with Crippen molar-refractivity contribution in [2.24, 2.45) is 4.99 Å². The molecule has 1 saturated carbocycles. The van der Waals surface area contributed by atoms with Crippen molar-refractivity contribution in [1.82, 2.24) is 10.6 Å². The molecule has 15 heavy (non-hydrogen) atoms. The van der Waals surface area contributed by atoms with Crippen LogP contribution < -0.4 is 10.6 Å². The summed E-state index contributed by atoms with van der Waals surface area (Å²) in [4.78, 5) is 4.40. The molecule has 3 N–H and O–H groups in total. The molecule has 0 aromatic rings. The third-order valence-corrected chi connectivity index (χ3v) is 3.27. The minimum Gasteiger partial charge on any atom is -0.388 e. The van der Waals surface area contributed by atoms with Gasteiger partial charge in [-0.3, -0.25) is 4.99 Å². The second kappa shape index (κ2) is 4.84. The maximum Gasteiger partial charge on any atom is 0.191 e. The Hall–Kier alpha value is -0.770. The van der Waals surface area contributed by atoms with Gasteiger partial charge in [-0.2, -0.15) is 0 Å². The largest absolute Gasteiger partial charge is 0.388 e. The van der Waals surface area contributed by atoms with E-state index in [1.165, 1.54) is 6.42 Å². The normalized spacial score (nSPS) is 25.3. The molecule has 0 atom stereocenters. The second-order valence-electron chi connectivity index (χ2n) is 4.65. The maximum absolute atomic E-state index is 10.1. The highest BCUT2D eigenvalue weighted by molar-refractivity contribution is 5.80. The van der Waals surface area contributed by atoms with Crippen LogP contribution in [-0.4, -0.2) is 36.3 Å². The summed E-state index contributed by atoms with van der Waals surface area (Å²) < 4.78 is 0. The Kier molecular flexibility index (Phi) is 3.46. The number of rotatable bonds is 2. The molecule has 1 aliphatic carbocycles. The van der Waals surface area contributed by atoms with E-state index in [1.807, 2.05) is 0 Å². The van der Waals surface area contributed by atoms with E-state index in [1.54, 1.807) is 0 Å². The van der Waals surface area contributed by atoms with Crippen molar-refractivity contribution in [3.05, 3.63) is 0 Å². The summed E-state index contributed by atoms with van der Waals surface area (Å²) in [5.41, 5.74) is -0.490. The number of nitrogens with one attached hydrogen (secondary N) is 2. The third-order valence-electron chi connectivity index (χ3n) is 3.27. The van der Waals surface area contributed by atoms with Crippen LogP contribution in [-0.2, 0) is 0 Å². The van der Waals surface area contributed by atoms with Gasteiger partial charge in [0.15, 0.2) is 5.96 Å². The molecule has 1 aliphatic heterocycles. The quantitative estimate of drug-likeness (QED) is 0.627. The first-order valence-corrected chi connectivity index (χ1v) is 6.03. The zero-order valence-electron chi connectivity index (χ0n) is 9.26. The fourth-order valence-electron chi connectivity index (χ4n) is 2.27. The summed E-state index contributed by atoms with van der Waals surface area (Å²) in [6.07, 6.45) is 6.48. The topological polar surface area (TPSA) is 56.6 Å². The summed E-state index contributed by atoms with van der Waals surface area (Å²) >= 11 is 0. The van der Waals surface area contributed by atoms with E-state index in [2.05, 4.69) is 15.6 Å². The number of nitrogens with zero attached hydrogens (tertiary/aromatic N) is 1. The Morgan fingerprint density at radius 3 is 2.87 bits per heavy atom. The van der Waals surface area contributed by atoms with Crippen molar-refractivity contribution in [2.45, 2.75) is 44.1 Å². The van der Waals surface area contributed by atoms with Gasteiger partial charge in [0.1, 0.15) is 0 Å². The predicted molar refractivity (Wildman–Crippen MR) is 61.0 cm³/mol. The predicted octanol–water partition coefficient (Wildman–Crippen LogP) is 0.620. The lowest BCUT2D eigenvalue weighted by atomic mass is 10.0. The molecule has 86 valence electrons. The molecule has 4 heteroatoms. The highest BCUT2D eigenvalue weighted by Gasteiger charge is 2.30. The van der Waals surface area contributed by atoms with Crippen molar-refractivity contribution in [1.29, 1.82) is 0 Å². The van der Waals surface area contributed by atoms with E-state index < -0.39 is 5.60 Å². The number of hydrogen-bond donors (Lipinski definition) is 3. The molecule has 1 fully saturated rings. The van der Waals surface area contributed by atoms with Crippen LogP contribution in [0, 0.1) is 0 Å². The summed E-state index contributed by atoms with van der Waals surface area (Å²) in [6.45, 7) is 2.52. The summed E-state index contributed by atoms with van der Waals surface area (Å²) in [7, 11) is 0. The minimum absolute atomic E-state index is 0.490. The molecule has 0 bridgehead atoms. The van der Waals surface area contributed by atoms with Gasteiger partial charge < -0.3 is 15.7 Å². The number of hydrogen-bond acceptors (Lipinski definition) is 4. The van der Waals surface area contributed by atoms with Gasteiger partial charge in [-0.25, -0.2) is 0 Å². The molecule has 0 amide bonds. The van der Waals surface area contributed by atoms with Gasteiger partial charge >= 0.3 is 0 Å². The Morgan fingerprint density at radius 1 is 1.27 bits per heavy atom. The van der Waals surface area contributed by atoms with Crippen LogP contribution in [0.1, 0.15) is 38.5 Å². The highest BCUT2D eigenvalue weighted by Crippen LogP contribution is 2.28. The van der Waals surface area contributed by atoms with Crippen LogP contribution in [0.2, 0.25) is 0 Å². The van der Waals surface area contributed by atoms with Gasteiger partial charge in [-0.1, -0.05) is 12.8 Å². The summed E-state index contributed by atoms with van der Waals surface area (Å²) in [5, 5.41) is 16.6. The molecule has 1 heterocycles. The maximum atomic E-state index is 10.1. The summed E-state index contributed by atoms with van der Waals surface area (Å²) in [6, 6.07) is 0. The fraction of sp³-hybridized carbons (Fsp3) is 0.909. The van der Waals surface area contributed by atoms with Gasteiger partial charge in [0.25, 0.3) is 0 Å². The van der Waals surface area contributed by atoms with Crippen molar-refractivity contribution in [2.75, 3.05) is 19.6 Å². The number of guanidine groups is 1. The first kappa shape index (κ1) is 10.7. The van der Waals surface area contributed by atoms with E-state index in [4.69, 9.17) is 0 Å². The Bertz CT molecular complexity index is 234. The van der Waals surface area contributed by atoms with Crippen molar-refractivity contribution >= 4 is 5.96 Å². The lowest BCUT2D eigenvalue weighted by Crippen LogP contribution is -2.45. The van der Waals surface area contributed by atoms with Gasteiger partial charge in [0, 0.05) is 19.6 Å². The van der Waals surface area contributed by atoms with Gasteiger partial charge in [-0.05, 0) is 25.7 Å². The molecule has 0 radical (unpaired) electrons. The van der Waals surface area contributed by atoms with Crippen LogP contribution in [0.15, 0.2) is 4.99 Å². The van der Waals surface area contributed by atoms with Gasteiger partial charge in [-0.15, -0.1) is 0 Å². The monoisotopic (exact) mass is 211 g/mol. The zero-order valence-corrected chi connectivity index (χ0v) is 9.26.